The number of nitrogens with two attached hydrogens (primary N) is 1. The van der Waals surface area contributed by atoms with Gasteiger partial charge in [-0.3, -0.25) is 4.79 Å². The monoisotopic (exact) mass is 347 g/mol. The molecule has 0 bridgehead atoms. The first-order valence-electron chi connectivity index (χ1n) is 7.32. The zero-order valence-electron chi connectivity index (χ0n) is 13.3. The zero-order valence-corrected chi connectivity index (χ0v) is 13.3. The number of aliphatic imine (C=N–C) groups is 1. The Hall–Kier alpha value is -3.09. The van der Waals surface area contributed by atoms with E-state index in [0.717, 1.165) is 6.21 Å². The summed E-state index contributed by atoms with van der Waals surface area (Å²) >= 11 is 0. The molecule has 2 aromatic rings. The van der Waals surface area contributed by atoms with Gasteiger partial charge in [0, 0.05) is 23.2 Å². The van der Waals surface area contributed by atoms with Crippen molar-refractivity contribution in [3.63, 3.8) is 0 Å². The number of carbonyl (C=O) groups excluding carboxylic acids is 1. The molecule has 0 saturated heterocycles. The number of nitrogens with one attached hydrogen (secondary N) is 1. The summed E-state index contributed by atoms with van der Waals surface area (Å²) in [6, 6.07) is 11.9. The largest absolute Gasteiger partial charge is 0.402 e. The minimum atomic E-state index is -2.83. The maximum Gasteiger partial charge on any atom is 0.331 e. The van der Waals surface area contributed by atoms with E-state index in [1.165, 1.54) is 18.2 Å². The lowest BCUT2D eigenvalue weighted by atomic mass is 10.0. The number of amides is 1. The van der Waals surface area contributed by atoms with E-state index in [0.29, 0.717) is 22.5 Å². The molecule has 1 amide bonds. The number of alkyl halides is 2. The van der Waals surface area contributed by atoms with Crippen molar-refractivity contribution in [2.45, 2.75) is 13.5 Å². The molecule has 3 N–H and O–H groups in total. The summed E-state index contributed by atoms with van der Waals surface area (Å²) in [4.78, 5) is 15.1. The van der Waals surface area contributed by atoms with Gasteiger partial charge in [0.05, 0.1) is 5.56 Å². The lowest BCUT2D eigenvalue weighted by Crippen LogP contribution is -2.13. The topological polar surface area (TPSA) is 67.5 Å². The first-order valence-corrected chi connectivity index (χ1v) is 7.32. The van der Waals surface area contributed by atoms with Crippen LogP contribution in [0.4, 0.5) is 18.9 Å². The summed E-state index contributed by atoms with van der Waals surface area (Å²) in [7, 11) is 0. The van der Waals surface area contributed by atoms with Crippen molar-refractivity contribution < 1.29 is 18.0 Å². The maximum absolute atomic E-state index is 13.6. The summed E-state index contributed by atoms with van der Waals surface area (Å²) in [6.45, 7) is -1.26. The van der Waals surface area contributed by atoms with Gasteiger partial charge >= 0.3 is 6.55 Å². The van der Waals surface area contributed by atoms with Crippen molar-refractivity contribution in [1.82, 2.24) is 0 Å². The number of allylic oxidation sites excluding steroid dienone is 2. The van der Waals surface area contributed by atoms with E-state index < -0.39 is 18.3 Å². The standard InChI is InChI=1S/C18H16F3N3O/c1-11(22)15(10-23-18(20)21)12-6-8-13(9-7-12)24-17(25)14-4-2-3-5-16(14)19/h2-10,18H,22H2,1H3,(H,24,25)/b15-11+,23-10+. The number of anilines is 1. The molecule has 130 valence electrons. The maximum atomic E-state index is 13.6. The normalized spacial score (nSPS) is 12.4. The molecule has 0 spiro atoms. The molecule has 0 heterocycles. The first kappa shape index (κ1) is 18.3. The average molecular weight is 347 g/mol. The molecule has 0 aliphatic carbocycles. The van der Waals surface area contributed by atoms with Gasteiger partial charge in [-0.25, -0.2) is 9.38 Å². The fraction of sp³-hybridized carbons (Fsp3) is 0.111. The quantitative estimate of drug-likeness (QED) is 0.633. The van der Waals surface area contributed by atoms with E-state index in [1.807, 2.05) is 0 Å². The molecule has 0 aliphatic rings. The van der Waals surface area contributed by atoms with Gasteiger partial charge in [0.1, 0.15) is 5.82 Å². The molecule has 0 fully saturated rings. The SMILES string of the molecule is C/C(N)=C(/C=N/C(F)F)c1ccc(NC(=O)c2ccccc2F)cc1. The molecular formula is C18H16F3N3O. The molecule has 0 radical (unpaired) electrons. The van der Waals surface area contributed by atoms with E-state index in [2.05, 4.69) is 10.3 Å². The number of carbonyl (C=O) groups is 1. The Morgan fingerprint density at radius 1 is 1.16 bits per heavy atom. The second kappa shape index (κ2) is 8.14. The fourth-order valence-corrected chi connectivity index (χ4v) is 2.11. The Kier molecular flexibility index (Phi) is 5.94. The van der Waals surface area contributed by atoms with E-state index in [1.54, 1.807) is 37.3 Å². The zero-order chi connectivity index (χ0) is 18.4. The van der Waals surface area contributed by atoms with Crippen LogP contribution in [0.3, 0.4) is 0 Å². The molecule has 0 atom stereocenters. The van der Waals surface area contributed by atoms with Crippen LogP contribution in [0, 0.1) is 5.82 Å². The molecule has 0 aliphatic heterocycles. The van der Waals surface area contributed by atoms with Crippen LogP contribution >= 0.6 is 0 Å². The first-order chi connectivity index (χ1) is 11.9. The highest BCUT2D eigenvalue weighted by Crippen LogP contribution is 2.19. The lowest BCUT2D eigenvalue weighted by Gasteiger charge is -2.09. The number of rotatable bonds is 5. The van der Waals surface area contributed by atoms with Gasteiger partial charge in [-0.15, -0.1) is 0 Å². The van der Waals surface area contributed by atoms with Crippen LogP contribution in [0.25, 0.3) is 5.57 Å². The summed E-state index contributed by atoms with van der Waals surface area (Å²) in [5.41, 5.74) is 7.29. The third-order valence-corrected chi connectivity index (χ3v) is 3.31. The van der Waals surface area contributed by atoms with Crippen LogP contribution in [-0.4, -0.2) is 18.7 Å². The summed E-state index contributed by atoms with van der Waals surface area (Å²) in [5.74, 6) is -1.21. The second-order valence-corrected chi connectivity index (χ2v) is 5.16. The van der Waals surface area contributed by atoms with Gasteiger partial charge in [-0.1, -0.05) is 24.3 Å². The van der Waals surface area contributed by atoms with Crippen LogP contribution < -0.4 is 11.1 Å². The minimum absolute atomic E-state index is 0.0750. The van der Waals surface area contributed by atoms with Crippen LogP contribution in [0.2, 0.25) is 0 Å². The number of nitrogens with zero attached hydrogens (tertiary/aromatic N) is 1. The van der Waals surface area contributed by atoms with Crippen LogP contribution in [0.5, 0.6) is 0 Å². The van der Waals surface area contributed by atoms with E-state index >= 15 is 0 Å². The molecule has 0 aromatic heterocycles. The van der Waals surface area contributed by atoms with Crippen LogP contribution in [0.15, 0.2) is 59.2 Å². The van der Waals surface area contributed by atoms with Crippen LogP contribution in [-0.2, 0) is 0 Å². The second-order valence-electron chi connectivity index (χ2n) is 5.16. The van der Waals surface area contributed by atoms with Crippen molar-refractivity contribution in [1.29, 1.82) is 0 Å². The van der Waals surface area contributed by atoms with Crippen molar-refractivity contribution in [3.05, 3.63) is 71.2 Å². The van der Waals surface area contributed by atoms with Gasteiger partial charge in [0.25, 0.3) is 5.91 Å². The predicted molar refractivity (Wildman–Crippen MR) is 92.1 cm³/mol. The molecule has 0 saturated carbocycles. The van der Waals surface area contributed by atoms with E-state index in [9.17, 15) is 18.0 Å². The molecule has 2 aromatic carbocycles. The van der Waals surface area contributed by atoms with Crippen molar-refractivity contribution in [2.75, 3.05) is 5.32 Å². The van der Waals surface area contributed by atoms with Gasteiger partial charge in [0.15, 0.2) is 0 Å². The number of hydrogen-bond acceptors (Lipinski definition) is 3. The molecule has 0 unspecified atom stereocenters. The highest BCUT2D eigenvalue weighted by atomic mass is 19.3. The van der Waals surface area contributed by atoms with Gasteiger partial charge in [-0.2, -0.15) is 8.78 Å². The number of benzene rings is 2. The van der Waals surface area contributed by atoms with Crippen molar-refractivity contribution in [2.24, 2.45) is 10.7 Å². The van der Waals surface area contributed by atoms with E-state index in [-0.39, 0.29) is 5.56 Å². The Morgan fingerprint density at radius 2 is 1.80 bits per heavy atom. The predicted octanol–water partition coefficient (Wildman–Crippen LogP) is 4.06. The third kappa shape index (κ3) is 4.94. The molecular weight excluding hydrogens is 331 g/mol. The van der Waals surface area contributed by atoms with Crippen molar-refractivity contribution >= 4 is 23.4 Å². The molecule has 7 heteroatoms. The summed E-state index contributed by atoms with van der Waals surface area (Å²) in [6.07, 6.45) is 1.01. The Bertz CT molecular complexity index is 811. The Morgan fingerprint density at radius 3 is 2.36 bits per heavy atom. The Labute approximate surface area is 142 Å². The highest BCUT2D eigenvalue weighted by molar-refractivity contribution is 6.11. The lowest BCUT2D eigenvalue weighted by molar-refractivity contribution is 0.102. The molecule has 4 nitrogen and oxygen atoms in total. The van der Waals surface area contributed by atoms with Crippen LogP contribution in [0.1, 0.15) is 22.8 Å². The number of hydrogen-bond donors (Lipinski definition) is 2. The Balaban J connectivity index is 2.18. The third-order valence-electron chi connectivity index (χ3n) is 3.31. The summed E-state index contributed by atoms with van der Waals surface area (Å²) in [5, 5.41) is 2.56. The molecule has 2 rings (SSSR count). The smallest absolute Gasteiger partial charge is 0.331 e. The van der Waals surface area contributed by atoms with E-state index in [4.69, 9.17) is 5.73 Å². The minimum Gasteiger partial charge on any atom is -0.402 e. The van der Waals surface area contributed by atoms with Gasteiger partial charge < -0.3 is 11.1 Å². The summed E-state index contributed by atoms with van der Waals surface area (Å²) < 4.78 is 38.1. The highest BCUT2D eigenvalue weighted by Gasteiger charge is 2.11. The number of halogens is 3. The molecule has 25 heavy (non-hydrogen) atoms. The van der Waals surface area contributed by atoms with Gasteiger partial charge in [-0.05, 0) is 36.8 Å². The van der Waals surface area contributed by atoms with Gasteiger partial charge in [0.2, 0.25) is 0 Å². The fourth-order valence-electron chi connectivity index (χ4n) is 2.11. The average Bonchev–Trinajstić information content (AvgIpc) is 2.56. The van der Waals surface area contributed by atoms with Crippen molar-refractivity contribution in [3.8, 4) is 0 Å².